The molecule has 2 N–H and O–H groups in total. The SMILES string of the molecule is OC(COc1cccc2ccccc12)CSc1nnc(NC2CCCCC2)s1. The van der Waals surface area contributed by atoms with Crippen molar-refractivity contribution in [3.63, 3.8) is 0 Å². The van der Waals surface area contributed by atoms with Crippen molar-refractivity contribution in [1.82, 2.24) is 10.2 Å². The van der Waals surface area contributed by atoms with Crippen LogP contribution in [0.3, 0.4) is 0 Å². The number of nitrogens with zero attached hydrogens (tertiary/aromatic N) is 2. The fourth-order valence-electron chi connectivity index (χ4n) is 3.47. The normalized spacial score (nSPS) is 16.2. The van der Waals surface area contributed by atoms with Crippen molar-refractivity contribution >= 4 is 39.0 Å². The molecule has 0 saturated heterocycles. The summed E-state index contributed by atoms with van der Waals surface area (Å²) in [6.07, 6.45) is 5.79. The van der Waals surface area contributed by atoms with Gasteiger partial charge in [-0.3, -0.25) is 0 Å². The number of aromatic nitrogens is 2. The van der Waals surface area contributed by atoms with Gasteiger partial charge in [-0.05, 0) is 24.3 Å². The Bertz CT molecular complexity index is 891. The summed E-state index contributed by atoms with van der Waals surface area (Å²) < 4.78 is 6.74. The van der Waals surface area contributed by atoms with Crippen molar-refractivity contribution < 1.29 is 9.84 Å². The van der Waals surface area contributed by atoms with Crippen LogP contribution in [0, 0.1) is 0 Å². The van der Waals surface area contributed by atoms with Gasteiger partial charge in [-0.2, -0.15) is 0 Å². The lowest BCUT2D eigenvalue weighted by Gasteiger charge is -2.21. The second-order valence-electron chi connectivity index (χ2n) is 7.11. The van der Waals surface area contributed by atoms with E-state index in [0.29, 0.717) is 11.8 Å². The van der Waals surface area contributed by atoms with E-state index in [-0.39, 0.29) is 6.61 Å². The summed E-state index contributed by atoms with van der Waals surface area (Å²) in [5, 5.41) is 25.4. The third kappa shape index (κ3) is 5.16. The van der Waals surface area contributed by atoms with Crippen molar-refractivity contribution in [3.05, 3.63) is 42.5 Å². The van der Waals surface area contributed by atoms with Crippen LogP contribution in [0.15, 0.2) is 46.8 Å². The van der Waals surface area contributed by atoms with E-state index in [4.69, 9.17) is 4.74 Å². The highest BCUT2D eigenvalue weighted by Crippen LogP contribution is 2.29. The number of hydrogen-bond donors (Lipinski definition) is 2. The molecular weight excluding hydrogens is 390 g/mol. The van der Waals surface area contributed by atoms with Gasteiger partial charge in [0.05, 0.1) is 6.10 Å². The van der Waals surface area contributed by atoms with E-state index >= 15 is 0 Å². The number of ether oxygens (including phenoxy) is 1. The number of aliphatic hydroxyl groups excluding tert-OH is 1. The van der Waals surface area contributed by atoms with Crippen molar-refractivity contribution in [2.24, 2.45) is 0 Å². The number of hydrogen-bond acceptors (Lipinski definition) is 7. The summed E-state index contributed by atoms with van der Waals surface area (Å²) in [6, 6.07) is 14.6. The van der Waals surface area contributed by atoms with Crippen molar-refractivity contribution in [3.8, 4) is 5.75 Å². The van der Waals surface area contributed by atoms with E-state index in [1.54, 1.807) is 11.3 Å². The first-order valence-corrected chi connectivity index (χ1v) is 11.6. The van der Waals surface area contributed by atoms with Gasteiger partial charge in [0.25, 0.3) is 0 Å². The van der Waals surface area contributed by atoms with Crippen LogP contribution in [-0.4, -0.2) is 39.8 Å². The lowest BCUT2D eigenvalue weighted by molar-refractivity contribution is 0.127. The maximum Gasteiger partial charge on any atom is 0.206 e. The summed E-state index contributed by atoms with van der Waals surface area (Å²) >= 11 is 3.09. The van der Waals surface area contributed by atoms with E-state index < -0.39 is 6.10 Å². The molecular formula is C21H25N3O2S2. The smallest absolute Gasteiger partial charge is 0.206 e. The summed E-state index contributed by atoms with van der Waals surface area (Å²) in [5.41, 5.74) is 0. The molecule has 1 heterocycles. The Labute approximate surface area is 173 Å². The molecule has 0 radical (unpaired) electrons. The number of aliphatic hydroxyl groups is 1. The molecule has 1 aromatic heterocycles. The van der Waals surface area contributed by atoms with Crippen LogP contribution in [-0.2, 0) is 0 Å². The second kappa shape index (κ2) is 9.58. The molecule has 0 bridgehead atoms. The summed E-state index contributed by atoms with van der Waals surface area (Å²) in [4.78, 5) is 0. The summed E-state index contributed by atoms with van der Waals surface area (Å²) in [6.45, 7) is 0.257. The van der Waals surface area contributed by atoms with Crippen LogP contribution in [0.5, 0.6) is 5.75 Å². The van der Waals surface area contributed by atoms with Crippen LogP contribution in [0.2, 0.25) is 0 Å². The third-order valence-electron chi connectivity index (χ3n) is 4.92. The monoisotopic (exact) mass is 415 g/mol. The zero-order chi connectivity index (χ0) is 19.2. The van der Waals surface area contributed by atoms with Crippen molar-refractivity contribution in [1.29, 1.82) is 0 Å². The molecule has 1 aliphatic carbocycles. The minimum absolute atomic E-state index is 0.257. The molecule has 5 nitrogen and oxygen atoms in total. The Morgan fingerprint density at radius 2 is 1.93 bits per heavy atom. The molecule has 4 rings (SSSR count). The predicted octanol–water partition coefficient (Wildman–Crippen LogP) is 4.97. The van der Waals surface area contributed by atoms with Crippen LogP contribution in [0.25, 0.3) is 10.8 Å². The average Bonchev–Trinajstić information content (AvgIpc) is 3.18. The van der Waals surface area contributed by atoms with Crippen LogP contribution >= 0.6 is 23.1 Å². The number of anilines is 1. The molecule has 2 aromatic carbocycles. The predicted molar refractivity (Wildman–Crippen MR) is 117 cm³/mol. The van der Waals surface area contributed by atoms with E-state index in [9.17, 15) is 5.11 Å². The first kappa shape index (κ1) is 19.5. The number of thioether (sulfide) groups is 1. The van der Waals surface area contributed by atoms with Crippen LogP contribution < -0.4 is 10.1 Å². The maximum atomic E-state index is 10.3. The van der Waals surface area contributed by atoms with E-state index in [0.717, 1.165) is 26.0 Å². The van der Waals surface area contributed by atoms with Gasteiger partial charge < -0.3 is 15.2 Å². The highest BCUT2D eigenvalue weighted by Gasteiger charge is 2.16. The Hall–Kier alpha value is -1.83. The maximum absolute atomic E-state index is 10.3. The zero-order valence-corrected chi connectivity index (χ0v) is 17.3. The standard InChI is InChI=1S/C21H25N3O2S2/c25-17(13-26-19-12-6-8-15-7-4-5-11-18(15)19)14-27-21-24-23-20(28-21)22-16-9-2-1-3-10-16/h4-8,11-12,16-17,25H,1-3,9-10,13-14H2,(H,22,23). The largest absolute Gasteiger partial charge is 0.490 e. The summed E-state index contributed by atoms with van der Waals surface area (Å²) in [5.74, 6) is 1.33. The van der Waals surface area contributed by atoms with Gasteiger partial charge in [-0.25, -0.2) is 0 Å². The topological polar surface area (TPSA) is 67.3 Å². The molecule has 148 valence electrons. The van der Waals surface area contributed by atoms with Gasteiger partial charge in [0, 0.05) is 17.2 Å². The fraction of sp³-hybridized carbons (Fsp3) is 0.429. The number of nitrogens with one attached hydrogen (secondary N) is 1. The second-order valence-corrected chi connectivity index (χ2v) is 9.35. The lowest BCUT2D eigenvalue weighted by Crippen LogP contribution is -2.21. The van der Waals surface area contributed by atoms with E-state index in [2.05, 4.69) is 27.6 Å². The lowest BCUT2D eigenvalue weighted by atomic mass is 9.96. The zero-order valence-electron chi connectivity index (χ0n) is 15.7. The quantitative estimate of drug-likeness (QED) is 0.507. The average molecular weight is 416 g/mol. The van der Waals surface area contributed by atoms with Gasteiger partial charge in [-0.15, -0.1) is 10.2 Å². The van der Waals surface area contributed by atoms with Gasteiger partial charge in [-0.1, -0.05) is 78.8 Å². The molecule has 28 heavy (non-hydrogen) atoms. The molecule has 0 spiro atoms. The van der Waals surface area contributed by atoms with Crippen molar-refractivity contribution in [2.45, 2.75) is 48.6 Å². The Balaban J connectivity index is 1.25. The minimum atomic E-state index is -0.567. The van der Waals surface area contributed by atoms with Gasteiger partial charge in [0.1, 0.15) is 12.4 Å². The third-order valence-corrected chi connectivity index (χ3v) is 7.05. The molecule has 3 aromatic rings. The van der Waals surface area contributed by atoms with Gasteiger partial charge in [0.15, 0.2) is 4.34 Å². The first-order valence-electron chi connectivity index (χ1n) is 9.79. The Kier molecular flexibility index (Phi) is 6.67. The van der Waals surface area contributed by atoms with E-state index in [1.807, 2.05) is 30.3 Å². The number of fused-ring (bicyclic) bond motifs is 1. The summed E-state index contributed by atoms with van der Waals surface area (Å²) in [7, 11) is 0. The molecule has 7 heteroatoms. The number of rotatable bonds is 8. The van der Waals surface area contributed by atoms with Crippen LogP contribution in [0.4, 0.5) is 5.13 Å². The van der Waals surface area contributed by atoms with Crippen LogP contribution in [0.1, 0.15) is 32.1 Å². The van der Waals surface area contributed by atoms with Gasteiger partial charge in [0.2, 0.25) is 5.13 Å². The Morgan fingerprint density at radius 1 is 1.11 bits per heavy atom. The van der Waals surface area contributed by atoms with E-state index in [1.165, 1.54) is 43.9 Å². The highest BCUT2D eigenvalue weighted by molar-refractivity contribution is 8.01. The molecule has 1 saturated carbocycles. The molecule has 0 aliphatic heterocycles. The number of benzene rings is 2. The first-order chi connectivity index (χ1) is 13.8. The molecule has 0 amide bonds. The highest BCUT2D eigenvalue weighted by atomic mass is 32.2. The molecule has 1 aliphatic rings. The van der Waals surface area contributed by atoms with Gasteiger partial charge >= 0.3 is 0 Å². The minimum Gasteiger partial charge on any atom is -0.490 e. The van der Waals surface area contributed by atoms with Crippen molar-refractivity contribution in [2.75, 3.05) is 17.7 Å². The Morgan fingerprint density at radius 3 is 2.82 bits per heavy atom. The fourth-order valence-corrected chi connectivity index (χ4v) is 5.23. The molecule has 1 unspecified atom stereocenters. The molecule has 1 fully saturated rings. The molecule has 1 atom stereocenters.